The lowest BCUT2D eigenvalue weighted by Gasteiger charge is -2.10. The van der Waals surface area contributed by atoms with Crippen LogP contribution in [-0.4, -0.2) is 19.9 Å². The molecule has 0 unspecified atom stereocenters. The van der Waals surface area contributed by atoms with Gasteiger partial charge >= 0.3 is 0 Å². The molecule has 0 radical (unpaired) electrons. The minimum absolute atomic E-state index is 0.596. The molecule has 0 aliphatic carbocycles. The summed E-state index contributed by atoms with van der Waals surface area (Å²) in [5.41, 5.74) is 3.35. The van der Waals surface area contributed by atoms with Crippen molar-refractivity contribution in [3.8, 4) is 11.5 Å². The maximum atomic E-state index is 5.45. The van der Waals surface area contributed by atoms with Crippen LogP contribution in [0.3, 0.4) is 0 Å². The van der Waals surface area contributed by atoms with Crippen molar-refractivity contribution in [1.82, 2.24) is 0 Å². The fourth-order valence-corrected chi connectivity index (χ4v) is 2.62. The molecule has 0 aromatic heterocycles. The SMILES string of the molecule is CCC/C(=N\Cc1ccc(OC)cc1OC)c1ccc(Br)cc1. The van der Waals surface area contributed by atoms with Gasteiger partial charge in [-0.2, -0.15) is 0 Å². The first-order valence-corrected chi connectivity index (χ1v) is 8.47. The third kappa shape index (κ3) is 4.83. The highest BCUT2D eigenvalue weighted by Gasteiger charge is 2.07. The lowest BCUT2D eigenvalue weighted by Crippen LogP contribution is -2.02. The van der Waals surface area contributed by atoms with Gasteiger partial charge in [0.15, 0.2) is 0 Å². The van der Waals surface area contributed by atoms with Crippen LogP contribution in [0.15, 0.2) is 51.9 Å². The van der Waals surface area contributed by atoms with Crippen molar-refractivity contribution in [1.29, 1.82) is 0 Å². The third-order valence-electron chi connectivity index (χ3n) is 3.60. The molecule has 2 aromatic rings. The molecule has 0 N–H and O–H groups in total. The van der Waals surface area contributed by atoms with Gasteiger partial charge in [-0.3, -0.25) is 4.99 Å². The average Bonchev–Trinajstić information content (AvgIpc) is 2.59. The molecule has 0 spiro atoms. The summed E-state index contributed by atoms with van der Waals surface area (Å²) in [6.07, 6.45) is 2.02. The highest BCUT2D eigenvalue weighted by molar-refractivity contribution is 9.10. The molecule has 4 heteroatoms. The largest absolute Gasteiger partial charge is 0.497 e. The Morgan fingerprint density at radius 3 is 2.39 bits per heavy atom. The lowest BCUT2D eigenvalue weighted by molar-refractivity contribution is 0.391. The molecule has 2 rings (SSSR count). The summed E-state index contributed by atoms with van der Waals surface area (Å²) in [5, 5.41) is 0. The number of rotatable bonds is 7. The molecule has 0 saturated heterocycles. The minimum atomic E-state index is 0.596. The molecule has 122 valence electrons. The quantitative estimate of drug-likeness (QED) is 0.618. The maximum Gasteiger partial charge on any atom is 0.127 e. The highest BCUT2D eigenvalue weighted by atomic mass is 79.9. The van der Waals surface area contributed by atoms with Crippen LogP contribution in [0, 0.1) is 0 Å². The van der Waals surface area contributed by atoms with Crippen molar-refractivity contribution in [2.45, 2.75) is 26.3 Å². The van der Waals surface area contributed by atoms with E-state index in [-0.39, 0.29) is 0 Å². The molecule has 3 nitrogen and oxygen atoms in total. The average molecular weight is 376 g/mol. The van der Waals surface area contributed by atoms with Gasteiger partial charge in [-0.15, -0.1) is 0 Å². The number of benzene rings is 2. The van der Waals surface area contributed by atoms with E-state index in [0.717, 1.165) is 40.1 Å². The van der Waals surface area contributed by atoms with Crippen LogP contribution in [0.4, 0.5) is 0 Å². The predicted octanol–water partition coefficient (Wildman–Crippen LogP) is 5.26. The summed E-state index contributed by atoms with van der Waals surface area (Å²) in [5.74, 6) is 1.59. The first-order chi connectivity index (χ1) is 11.2. The summed E-state index contributed by atoms with van der Waals surface area (Å²) in [7, 11) is 3.32. The van der Waals surface area contributed by atoms with Gasteiger partial charge in [0.25, 0.3) is 0 Å². The van der Waals surface area contributed by atoms with Crippen LogP contribution in [0.25, 0.3) is 0 Å². The molecular formula is C19H22BrNO2. The Bertz CT molecular complexity index is 666. The molecule has 0 fully saturated rings. The standard InChI is InChI=1S/C19H22BrNO2/c1-4-5-18(14-6-9-16(20)10-7-14)21-13-15-8-11-17(22-2)12-19(15)23-3/h6-12H,4-5,13H2,1-3H3/b21-18+. The number of halogens is 1. The fraction of sp³-hybridized carbons (Fsp3) is 0.316. The summed E-state index contributed by atoms with van der Waals surface area (Å²) < 4.78 is 11.8. The van der Waals surface area contributed by atoms with Crippen LogP contribution in [0.1, 0.15) is 30.9 Å². The molecule has 0 aliphatic rings. The van der Waals surface area contributed by atoms with Gasteiger partial charge in [-0.1, -0.05) is 41.4 Å². The van der Waals surface area contributed by atoms with E-state index in [2.05, 4.69) is 47.1 Å². The Morgan fingerprint density at radius 2 is 1.78 bits per heavy atom. The second kappa shape index (κ2) is 8.73. The number of nitrogens with zero attached hydrogens (tertiary/aromatic N) is 1. The predicted molar refractivity (Wildman–Crippen MR) is 98.8 cm³/mol. The van der Waals surface area contributed by atoms with E-state index in [4.69, 9.17) is 14.5 Å². The Balaban J connectivity index is 2.25. The van der Waals surface area contributed by atoms with Crippen LogP contribution in [-0.2, 0) is 6.54 Å². The summed E-state index contributed by atoms with van der Waals surface area (Å²) in [4.78, 5) is 4.83. The molecule has 0 saturated carbocycles. The summed E-state index contributed by atoms with van der Waals surface area (Å²) in [6.45, 7) is 2.76. The zero-order valence-corrected chi connectivity index (χ0v) is 15.4. The molecule has 0 amide bonds. The molecule has 0 aliphatic heterocycles. The van der Waals surface area contributed by atoms with Gasteiger partial charge in [0.2, 0.25) is 0 Å². The van der Waals surface area contributed by atoms with Crippen LogP contribution >= 0.6 is 15.9 Å². The van der Waals surface area contributed by atoms with Crippen molar-refractivity contribution >= 4 is 21.6 Å². The number of hydrogen-bond acceptors (Lipinski definition) is 3. The van der Waals surface area contributed by atoms with E-state index in [9.17, 15) is 0 Å². The Morgan fingerprint density at radius 1 is 1.04 bits per heavy atom. The maximum absolute atomic E-state index is 5.45. The second-order valence-electron chi connectivity index (χ2n) is 5.20. The molecule has 2 aromatic carbocycles. The van der Waals surface area contributed by atoms with E-state index < -0.39 is 0 Å². The van der Waals surface area contributed by atoms with Crippen LogP contribution in [0.2, 0.25) is 0 Å². The number of aliphatic imine (C=N–C) groups is 1. The first kappa shape index (κ1) is 17.5. The number of hydrogen-bond donors (Lipinski definition) is 0. The molecule has 23 heavy (non-hydrogen) atoms. The Labute approximate surface area is 146 Å². The van der Waals surface area contributed by atoms with E-state index in [1.165, 1.54) is 5.56 Å². The van der Waals surface area contributed by atoms with Crippen LogP contribution in [0.5, 0.6) is 11.5 Å². The Hall–Kier alpha value is -1.81. The van der Waals surface area contributed by atoms with Gasteiger partial charge < -0.3 is 9.47 Å². The normalized spacial score (nSPS) is 11.4. The molecule has 0 bridgehead atoms. The van der Waals surface area contributed by atoms with E-state index in [1.807, 2.05) is 18.2 Å². The van der Waals surface area contributed by atoms with Crippen LogP contribution < -0.4 is 9.47 Å². The zero-order chi connectivity index (χ0) is 16.7. The molecular weight excluding hydrogens is 354 g/mol. The summed E-state index contributed by atoms with van der Waals surface area (Å²) >= 11 is 3.47. The van der Waals surface area contributed by atoms with Crippen molar-refractivity contribution in [2.24, 2.45) is 4.99 Å². The van der Waals surface area contributed by atoms with Crippen molar-refractivity contribution in [2.75, 3.05) is 14.2 Å². The summed E-state index contributed by atoms with van der Waals surface area (Å²) in [6, 6.07) is 14.1. The smallest absolute Gasteiger partial charge is 0.127 e. The lowest BCUT2D eigenvalue weighted by atomic mass is 10.1. The number of ether oxygens (including phenoxy) is 2. The first-order valence-electron chi connectivity index (χ1n) is 7.68. The molecule has 0 atom stereocenters. The minimum Gasteiger partial charge on any atom is -0.497 e. The van der Waals surface area contributed by atoms with Gasteiger partial charge in [-0.05, 0) is 36.2 Å². The van der Waals surface area contributed by atoms with Gasteiger partial charge in [0, 0.05) is 21.8 Å². The van der Waals surface area contributed by atoms with Crippen molar-refractivity contribution in [3.05, 3.63) is 58.1 Å². The van der Waals surface area contributed by atoms with Crippen molar-refractivity contribution < 1.29 is 9.47 Å². The number of methoxy groups -OCH3 is 2. The monoisotopic (exact) mass is 375 g/mol. The topological polar surface area (TPSA) is 30.8 Å². The van der Waals surface area contributed by atoms with E-state index in [1.54, 1.807) is 14.2 Å². The van der Waals surface area contributed by atoms with E-state index in [0.29, 0.717) is 6.54 Å². The highest BCUT2D eigenvalue weighted by Crippen LogP contribution is 2.25. The van der Waals surface area contributed by atoms with Gasteiger partial charge in [0.1, 0.15) is 11.5 Å². The van der Waals surface area contributed by atoms with E-state index >= 15 is 0 Å². The Kier molecular flexibility index (Phi) is 6.66. The van der Waals surface area contributed by atoms with Gasteiger partial charge in [0.05, 0.1) is 20.8 Å². The third-order valence-corrected chi connectivity index (χ3v) is 4.13. The fourth-order valence-electron chi connectivity index (χ4n) is 2.36. The van der Waals surface area contributed by atoms with Gasteiger partial charge in [-0.25, -0.2) is 0 Å². The molecule has 0 heterocycles. The second-order valence-corrected chi connectivity index (χ2v) is 6.11. The zero-order valence-electron chi connectivity index (χ0n) is 13.8. The van der Waals surface area contributed by atoms with Crippen molar-refractivity contribution in [3.63, 3.8) is 0 Å².